The van der Waals surface area contributed by atoms with Crippen LogP contribution in [0.3, 0.4) is 0 Å². The maximum Gasteiger partial charge on any atom is 0.274 e. The summed E-state index contributed by atoms with van der Waals surface area (Å²) in [5.74, 6) is -0.247. The lowest BCUT2D eigenvalue weighted by atomic mass is 10.1. The lowest BCUT2D eigenvalue weighted by molar-refractivity contribution is 0.0946. The fourth-order valence-corrected chi connectivity index (χ4v) is 4.95. The van der Waals surface area contributed by atoms with E-state index in [-0.39, 0.29) is 24.1 Å². The van der Waals surface area contributed by atoms with Crippen LogP contribution in [-0.2, 0) is 6.54 Å². The Balaban J connectivity index is 1.40. The summed E-state index contributed by atoms with van der Waals surface area (Å²) in [5, 5.41) is 11.6. The van der Waals surface area contributed by atoms with Gasteiger partial charge >= 0.3 is 0 Å². The monoisotopic (exact) mass is 430 g/mol. The van der Waals surface area contributed by atoms with Crippen molar-refractivity contribution < 1.29 is 4.79 Å². The molecule has 0 aliphatic heterocycles. The smallest absolute Gasteiger partial charge is 0.274 e. The number of nitrogens with zero attached hydrogens (tertiary/aromatic N) is 3. The van der Waals surface area contributed by atoms with Gasteiger partial charge in [0.2, 0.25) is 0 Å². The fourth-order valence-electron chi connectivity index (χ4n) is 4.15. The molecule has 2 heterocycles. The van der Waals surface area contributed by atoms with E-state index in [1.807, 2.05) is 54.6 Å². The number of hydrogen-bond acceptors (Lipinski definition) is 5. The second kappa shape index (κ2) is 8.43. The molecule has 7 heteroatoms. The molecule has 6 nitrogen and oxygen atoms in total. The second-order valence-electron chi connectivity index (χ2n) is 7.77. The molecule has 2 aromatic carbocycles. The topological polar surface area (TPSA) is 76.9 Å². The van der Waals surface area contributed by atoms with Gasteiger partial charge in [0.1, 0.15) is 10.7 Å². The lowest BCUT2D eigenvalue weighted by Crippen LogP contribution is -2.30. The number of hydrogen-bond donors (Lipinski definition) is 1. The van der Waals surface area contributed by atoms with Gasteiger partial charge in [0, 0.05) is 16.3 Å². The summed E-state index contributed by atoms with van der Waals surface area (Å²) < 4.78 is 1.63. The van der Waals surface area contributed by atoms with Gasteiger partial charge in [0.05, 0.1) is 23.7 Å². The standard InChI is InChI=1S/C24H22N4O2S/c29-22(21-15-31-23(26-21)16-8-2-1-3-9-16)25-14-20-18-12-6-7-13-19(18)24(30)28(27-20)17-10-4-5-11-17/h1-3,6-9,12-13,15,17H,4-5,10-11,14H2,(H,25,29). The van der Waals surface area contributed by atoms with Gasteiger partial charge in [0.25, 0.3) is 11.5 Å². The Morgan fingerprint density at radius 3 is 2.52 bits per heavy atom. The summed E-state index contributed by atoms with van der Waals surface area (Å²) in [5.41, 5.74) is 2.03. The third-order valence-electron chi connectivity index (χ3n) is 5.75. The van der Waals surface area contributed by atoms with Gasteiger partial charge in [-0.3, -0.25) is 9.59 Å². The Kier molecular flexibility index (Phi) is 5.34. The van der Waals surface area contributed by atoms with Crippen molar-refractivity contribution in [1.29, 1.82) is 0 Å². The second-order valence-corrected chi connectivity index (χ2v) is 8.62. The van der Waals surface area contributed by atoms with Crippen LogP contribution < -0.4 is 10.9 Å². The van der Waals surface area contributed by atoms with Crippen molar-refractivity contribution in [2.75, 3.05) is 0 Å². The van der Waals surface area contributed by atoms with Gasteiger partial charge in [-0.15, -0.1) is 11.3 Å². The Morgan fingerprint density at radius 2 is 1.74 bits per heavy atom. The molecule has 1 aliphatic carbocycles. The highest BCUT2D eigenvalue weighted by atomic mass is 32.1. The summed E-state index contributed by atoms with van der Waals surface area (Å²) >= 11 is 1.44. The van der Waals surface area contributed by atoms with Gasteiger partial charge in [-0.2, -0.15) is 5.10 Å². The molecule has 1 aliphatic rings. The van der Waals surface area contributed by atoms with Crippen molar-refractivity contribution in [2.45, 2.75) is 38.3 Å². The van der Waals surface area contributed by atoms with Gasteiger partial charge in [-0.25, -0.2) is 9.67 Å². The zero-order valence-electron chi connectivity index (χ0n) is 17.0. The minimum Gasteiger partial charge on any atom is -0.345 e. The molecule has 5 rings (SSSR count). The molecule has 31 heavy (non-hydrogen) atoms. The lowest BCUT2D eigenvalue weighted by Gasteiger charge is -2.16. The van der Waals surface area contributed by atoms with E-state index in [1.54, 1.807) is 10.1 Å². The van der Waals surface area contributed by atoms with E-state index >= 15 is 0 Å². The van der Waals surface area contributed by atoms with E-state index in [2.05, 4.69) is 15.4 Å². The summed E-state index contributed by atoms with van der Waals surface area (Å²) in [6, 6.07) is 17.4. The van der Waals surface area contributed by atoms with Crippen molar-refractivity contribution >= 4 is 28.0 Å². The molecule has 2 aromatic heterocycles. The minimum absolute atomic E-state index is 0.0513. The first kappa shape index (κ1) is 19.6. The number of amides is 1. The predicted molar refractivity (Wildman–Crippen MR) is 122 cm³/mol. The SMILES string of the molecule is O=C(NCc1nn(C2CCCC2)c(=O)c2ccccc12)c1csc(-c2ccccc2)n1. The highest BCUT2D eigenvalue weighted by Crippen LogP contribution is 2.28. The van der Waals surface area contributed by atoms with E-state index in [0.717, 1.165) is 41.6 Å². The third kappa shape index (κ3) is 3.88. The maximum absolute atomic E-state index is 13.0. The summed E-state index contributed by atoms with van der Waals surface area (Å²) in [6.45, 7) is 0.241. The number of rotatable bonds is 5. The average molecular weight is 431 g/mol. The third-order valence-corrected chi connectivity index (χ3v) is 6.64. The van der Waals surface area contributed by atoms with Gasteiger partial charge in [-0.1, -0.05) is 61.4 Å². The van der Waals surface area contributed by atoms with Crippen molar-refractivity contribution in [3.8, 4) is 10.6 Å². The Labute approximate surface area is 183 Å². The number of benzene rings is 2. The molecule has 1 saturated carbocycles. The number of thiazole rings is 1. The van der Waals surface area contributed by atoms with E-state index in [4.69, 9.17) is 0 Å². The molecule has 0 unspecified atom stereocenters. The van der Waals surface area contributed by atoms with Gasteiger partial charge in [0.15, 0.2) is 0 Å². The normalized spacial score (nSPS) is 14.2. The zero-order chi connectivity index (χ0) is 21.2. The van der Waals surface area contributed by atoms with Crippen molar-refractivity contribution in [1.82, 2.24) is 20.1 Å². The average Bonchev–Trinajstić information content (AvgIpc) is 3.52. The molecular formula is C24H22N4O2S. The molecule has 4 aromatic rings. The molecule has 1 N–H and O–H groups in total. The summed E-state index contributed by atoms with van der Waals surface area (Å²) in [7, 11) is 0. The number of aromatic nitrogens is 3. The van der Waals surface area contributed by atoms with Crippen molar-refractivity contribution in [3.05, 3.63) is 81.7 Å². The molecule has 1 fully saturated rings. The zero-order valence-corrected chi connectivity index (χ0v) is 17.8. The van der Waals surface area contributed by atoms with Crippen LogP contribution in [0.1, 0.15) is 47.9 Å². The number of carbonyl (C=O) groups excluding carboxylic acids is 1. The summed E-state index contributed by atoms with van der Waals surface area (Å²) in [4.78, 5) is 30.2. The van der Waals surface area contributed by atoms with Crippen molar-refractivity contribution in [3.63, 3.8) is 0 Å². The molecule has 0 radical (unpaired) electrons. The minimum atomic E-state index is -0.247. The van der Waals surface area contributed by atoms with Crippen LogP contribution in [0.2, 0.25) is 0 Å². The Bertz CT molecular complexity index is 1290. The van der Waals surface area contributed by atoms with Crippen LogP contribution in [0, 0.1) is 0 Å². The van der Waals surface area contributed by atoms with Crippen molar-refractivity contribution in [2.24, 2.45) is 0 Å². The quantitative estimate of drug-likeness (QED) is 0.503. The highest BCUT2D eigenvalue weighted by molar-refractivity contribution is 7.13. The Hall–Kier alpha value is -3.32. The van der Waals surface area contributed by atoms with Crippen LogP contribution in [0.15, 0.2) is 64.8 Å². The molecular weight excluding hydrogens is 408 g/mol. The molecule has 0 bridgehead atoms. The molecule has 0 atom stereocenters. The molecule has 156 valence electrons. The molecule has 0 saturated heterocycles. The first-order valence-corrected chi connectivity index (χ1v) is 11.4. The number of carbonyl (C=O) groups is 1. The largest absolute Gasteiger partial charge is 0.345 e. The highest BCUT2D eigenvalue weighted by Gasteiger charge is 2.22. The predicted octanol–water partition coefficient (Wildman–Crippen LogP) is 4.57. The maximum atomic E-state index is 13.0. The van der Waals surface area contributed by atoms with E-state index in [1.165, 1.54) is 11.3 Å². The molecule has 0 spiro atoms. The summed E-state index contributed by atoms with van der Waals surface area (Å²) in [6.07, 6.45) is 4.17. The first-order chi connectivity index (χ1) is 15.2. The van der Waals surface area contributed by atoms with Crippen LogP contribution in [0.25, 0.3) is 21.3 Å². The van der Waals surface area contributed by atoms with Crippen LogP contribution in [0.4, 0.5) is 0 Å². The molecule has 1 amide bonds. The fraction of sp³-hybridized carbons (Fsp3) is 0.250. The van der Waals surface area contributed by atoms with E-state index in [9.17, 15) is 9.59 Å². The van der Waals surface area contributed by atoms with Gasteiger partial charge < -0.3 is 5.32 Å². The van der Waals surface area contributed by atoms with Crippen LogP contribution in [0.5, 0.6) is 0 Å². The van der Waals surface area contributed by atoms with Gasteiger partial charge in [-0.05, 0) is 18.9 Å². The Morgan fingerprint density at radius 1 is 1.03 bits per heavy atom. The van der Waals surface area contributed by atoms with E-state index < -0.39 is 0 Å². The van der Waals surface area contributed by atoms with Crippen LogP contribution in [-0.4, -0.2) is 20.7 Å². The first-order valence-electron chi connectivity index (χ1n) is 10.5. The number of fused-ring (bicyclic) bond motifs is 1. The van der Waals surface area contributed by atoms with Crippen LogP contribution >= 0.6 is 11.3 Å². The number of nitrogens with one attached hydrogen (secondary N) is 1. The van der Waals surface area contributed by atoms with E-state index in [0.29, 0.717) is 16.8 Å².